The Morgan fingerprint density at radius 3 is 3.00 bits per heavy atom. The SMILES string of the molecule is CC(C)CNc1ncccc1C1=NCCC1. The lowest BCUT2D eigenvalue weighted by Crippen LogP contribution is -2.12. The van der Waals surface area contributed by atoms with Crippen molar-refractivity contribution >= 4 is 11.5 Å². The van der Waals surface area contributed by atoms with E-state index in [1.54, 1.807) is 0 Å². The molecule has 1 aliphatic rings. The van der Waals surface area contributed by atoms with Gasteiger partial charge in [0.15, 0.2) is 0 Å². The largest absolute Gasteiger partial charge is 0.369 e. The molecule has 3 nitrogen and oxygen atoms in total. The fourth-order valence-electron chi connectivity index (χ4n) is 1.84. The maximum Gasteiger partial charge on any atom is 0.135 e. The fourth-order valence-corrected chi connectivity index (χ4v) is 1.84. The molecule has 1 aliphatic heterocycles. The van der Waals surface area contributed by atoms with Gasteiger partial charge >= 0.3 is 0 Å². The van der Waals surface area contributed by atoms with Gasteiger partial charge in [-0.25, -0.2) is 4.98 Å². The van der Waals surface area contributed by atoms with E-state index in [1.807, 2.05) is 12.3 Å². The van der Waals surface area contributed by atoms with E-state index in [0.717, 1.165) is 25.3 Å². The van der Waals surface area contributed by atoms with Gasteiger partial charge in [0.2, 0.25) is 0 Å². The molecular weight excluding hydrogens is 198 g/mol. The van der Waals surface area contributed by atoms with E-state index in [9.17, 15) is 0 Å². The van der Waals surface area contributed by atoms with Crippen LogP contribution in [-0.4, -0.2) is 23.8 Å². The average molecular weight is 217 g/mol. The van der Waals surface area contributed by atoms with E-state index in [1.165, 1.54) is 17.7 Å². The molecule has 0 saturated heterocycles. The lowest BCUT2D eigenvalue weighted by molar-refractivity contribution is 0.687. The Kier molecular flexibility index (Phi) is 3.54. The van der Waals surface area contributed by atoms with Crippen LogP contribution >= 0.6 is 0 Å². The second kappa shape index (κ2) is 5.10. The van der Waals surface area contributed by atoms with Crippen LogP contribution < -0.4 is 5.32 Å². The smallest absolute Gasteiger partial charge is 0.135 e. The van der Waals surface area contributed by atoms with Crippen LogP contribution in [0, 0.1) is 5.92 Å². The maximum atomic E-state index is 4.53. The minimum atomic E-state index is 0.625. The highest BCUT2D eigenvalue weighted by molar-refractivity contribution is 6.05. The first-order chi connectivity index (χ1) is 7.77. The van der Waals surface area contributed by atoms with E-state index in [0.29, 0.717) is 5.92 Å². The average Bonchev–Trinajstić information content (AvgIpc) is 2.80. The monoisotopic (exact) mass is 217 g/mol. The van der Waals surface area contributed by atoms with Gasteiger partial charge in [-0.2, -0.15) is 0 Å². The first kappa shape index (κ1) is 11.1. The summed E-state index contributed by atoms with van der Waals surface area (Å²) in [5.41, 5.74) is 2.39. The van der Waals surface area contributed by atoms with Gasteiger partial charge in [-0.05, 0) is 30.9 Å². The Morgan fingerprint density at radius 1 is 1.44 bits per heavy atom. The molecule has 0 spiro atoms. The number of aromatic nitrogens is 1. The lowest BCUT2D eigenvalue weighted by Gasteiger charge is -2.12. The summed E-state index contributed by atoms with van der Waals surface area (Å²) in [7, 11) is 0. The zero-order valence-corrected chi connectivity index (χ0v) is 10.0. The van der Waals surface area contributed by atoms with Crippen molar-refractivity contribution in [2.24, 2.45) is 10.9 Å². The predicted molar refractivity (Wildman–Crippen MR) is 68.2 cm³/mol. The van der Waals surface area contributed by atoms with Crippen LogP contribution in [0.2, 0.25) is 0 Å². The molecule has 0 unspecified atom stereocenters. The first-order valence-corrected chi connectivity index (χ1v) is 6.00. The molecule has 16 heavy (non-hydrogen) atoms. The predicted octanol–water partition coefficient (Wildman–Crippen LogP) is 2.73. The van der Waals surface area contributed by atoms with E-state index in [2.05, 4.69) is 35.2 Å². The molecule has 1 aromatic heterocycles. The zero-order valence-electron chi connectivity index (χ0n) is 10.0. The molecule has 2 heterocycles. The molecule has 0 aliphatic carbocycles. The Balaban J connectivity index is 2.17. The summed E-state index contributed by atoms with van der Waals surface area (Å²) in [5, 5.41) is 3.40. The molecule has 86 valence electrons. The minimum Gasteiger partial charge on any atom is -0.369 e. The summed E-state index contributed by atoms with van der Waals surface area (Å²) < 4.78 is 0. The number of anilines is 1. The van der Waals surface area contributed by atoms with E-state index >= 15 is 0 Å². The van der Waals surface area contributed by atoms with Gasteiger partial charge in [0.25, 0.3) is 0 Å². The number of hydrogen-bond acceptors (Lipinski definition) is 3. The van der Waals surface area contributed by atoms with Gasteiger partial charge in [-0.3, -0.25) is 4.99 Å². The summed E-state index contributed by atoms with van der Waals surface area (Å²) >= 11 is 0. The van der Waals surface area contributed by atoms with Crippen LogP contribution in [-0.2, 0) is 0 Å². The van der Waals surface area contributed by atoms with Crippen LogP contribution in [0.4, 0.5) is 5.82 Å². The lowest BCUT2D eigenvalue weighted by atomic mass is 10.1. The summed E-state index contributed by atoms with van der Waals surface area (Å²) in [6.07, 6.45) is 4.09. The van der Waals surface area contributed by atoms with Crippen molar-refractivity contribution in [2.45, 2.75) is 26.7 Å². The van der Waals surface area contributed by atoms with E-state index in [4.69, 9.17) is 0 Å². The molecule has 1 aromatic rings. The number of hydrogen-bond donors (Lipinski definition) is 1. The number of pyridine rings is 1. The second-order valence-corrected chi connectivity index (χ2v) is 4.61. The highest BCUT2D eigenvalue weighted by Crippen LogP contribution is 2.19. The van der Waals surface area contributed by atoms with Crippen LogP contribution in [0.3, 0.4) is 0 Å². The van der Waals surface area contributed by atoms with Crippen LogP contribution in [0.5, 0.6) is 0 Å². The van der Waals surface area contributed by atoms with Crippen LogP contribution in [0.25, 0.3) is 0 Å². The summed E-state index contributed by atoms with van der Waals surface area (Å²) in [4.78, 5) is 8.93. The van der Waals surface area contributed by atoms with Crippen molar-refractivity contribution in [1.29, 1.82) is 0 Å². The quantitative estimate of drug-likeness (QED) is 0.842. The number of nitrogens with one attached hydrogen (secondary N) is 1. The molecule has 1 N–H and O–H groups in total. The van der Waals surface area contributed by atoms with Gasteiger partial charge in [0, 0.05) is 30.6 Å². The van der Waals surface area contributed by atoms with E-state index < -0.39 is 0 Å². The van der Waals surface area contributed by atoms with Gasteiger partial charge in [-0.1, -0.05) is 13.8 Å². The number of nitrogens with zero attached hydrogens (tertiary/aromatic N) is 2. The molecular formula is C13H19N3. The van der Waals surface area contributed by atoms with Crippen LogP contribution in [0.15, 0.2) is 23.3 Å². The van der Waals surface area contributed by atoms with E-state index in [-0.39, 0.29) is 0 Å². The third-order valence-corrected chi connectivity index (χ3v) is 2.67. The molecule has 0 amide bonds. The third-order valence-electron chi connectivity index (χ3n) is 2.67. The molecule has 0 saturated carbocycles. The standard InChI is InChI=1S/C13H19N3/c1-10(2)9-16-13-11(5-3-8-15-13)12-6-4-7-14-12/h3,5,8,10H,4,6-7,9H2,1-2H3,(H,15,16). The molecule has 0 atom stereocenters. The van der Waals surface area contributed by atoms with Gasteiger partial charge in [0.1, 0.15) is 5.82 Å². The highest BCUT2D eigenvalue weighted by Gasteiger charge is 2.13. The number of aliphatic imine (C=N–C) groups is 1. The Labute approximate surface area is 97.0 Å². The van der Waals surface area contributed by atoms with Gasteiger partial charge in [0.05, 0.1) is 0 Å². The second-order valence-electron chi connectivity index (χ2n) is 4.61. The van der Waals surface area contributed by atoms with Crippen molar-refractivity contribution in [1.82, 2.24) is 4.98 Å². The van der Waals surface area contributed by atoms with Gasteiger partial charge < -0.3 is 5.32 Å². The molecule has 0 aromatic carbocycles. The van der Waals surface area contributed by atoms with Crippen molar-refractivity contribution < 1.29 is 0 Å². The summed E-state index contributed by atoms with van der Waals surface area (Å²) in [6.45, 7) is 6.32. The summed E-state index contributed by atoms with van der Waals surface area (Å²) in [5.74, 6) is 1.61. The van der Waals surface area contributed by atoms with Crippen molar-refractivity contribution in [3.63, 3.8) is 0 Å². The Hall–Kier alpha value is -1.38. The molecule has 0 fully saturated rings. The molecule has 0 radical (unpaired) electrons. The molecule has 0 bridgehead atoms. The summed E-state index contributed by atoms with van der Waals surface area (Å²) in [6, 6.07) is 4.09. The maximum absolute atomic E-state index is 4.53. The van der Waals surface area contributed by atoms with Crippen molar-refractivity contribution in [2.75, 3.05) is 18.4 Å². The van der Waals surface area contributed by atoms with Crippen LogP contribution in [0.1, 0.15) is 32.3 Å². The Bertz CT molecular complexity index is 383. The molecule has 2 rings (SSSR count). The van der Waals surface area contributed by atoms with Gasteiger partial charge in [-0.15, -0.1) is 0 Å². The zero-order chi connectivity index (χ0) is 11.4. The molecule has 3 heteroatoms. The van der Waals surface area contributed by atoms with Crippen molar-refractivity contribution in [3.05, 3.63) is 23.9 Å². The first-order valence-electron chi connectivity index (χ1n) is 6.00. The number of rotatable bonds is 4. The topological polar surface area (TPSA) is 37.3 Å². The fraction of sp³-hybridized carbons (Fsp3) is 0.538. The highest BCUT2D eigenvalue weighted by atomic mass is 15.0. The third kappa shape index (κ3) is 2.60. The normalized spacial score (nSPS) is 15.3. The van der Waals surface area contributed by atoms with Crippen molar-refractivity contribution in [3.8, 4) is 0 Å². The minimum absolute atomic E-state index is 0.625. The Morgan fingerprint density at radius 2 is 2.31 bits per heavy atom.